The Bertz CT molecular complexity index is 418. The molecule has 0 spiro atoms. The SMILES string of the molecule is Cc1ccc(Br)cc1C(C(C)C(=O)O)N(C)C. The number of carbonyl (C=O) groups is 1. The molecule has 0 amide bonds. The predicted molar refractivity (Wildman–Crippen MR) is 72.1 cm³/mol. The van der Waals surface area contributed by atoms with E-state index in [-0.39, 0.29) is 6.04 Å². The quantitative estimate of drug-likeness (QED) is 0.929. The number of nitrogens with zero attached hydrogens (tertiary/aromatic N) is 1. The van der Waals surface area contributed by atoms with E-state index in [4.69, 9.17) is 0 Å². The molecule has 0 bridgehead atoms. The fourth-order valence-electron chi connectivity index (χ4n) is 2.06. The van der Waals surface area contributed by atoms with Gasteiger partial charge in [0.1, 0.15) is 0 Å². The molecule has 0 heterocycles. The fourth-order valence-corrected chi connectivity index (χ4v) is 2.44. The molecule has 1 rings (SSSR count). The summed E-state index contributed by atoms with van der Waals surface area (Å²) >= 11 is 3.43. The van der Waals surface area contributed by atoms with Gasteiger partial charge in [0.25, 0.3) is 0 Å². The Balaban J connectivity index is 3.22. The third-order valence-corrected chi connectivity index (χ3v) is 3.47. The molecule has 1 aromatic rings. The van der Waals surface area contributed by atoms with Crippen LogP contribution in [0.2, 0.25) is 0 Å². The molecule has 0 radical (unpaired) electrons. The van der Waals surface area contributed by atoms with Crippen LogP contribution in [-0.2, 0) is 4.79 Å². The first-order valence-corrected chi connectivity index (χ1v) is 6.29. The summed E-state index contributed by atoms with van der Waals surface area (Å²) in [5.74, 6) is -1.22. The summed E-state index contributed by atoms with van der Waals surface area (Å²) in [5, 5.41) is 9.18. The summed E-state index contributed by atoms with van der Waals surface area (Å²) in [5.41, 5.74) is 2.17. The molecule has 0 saturated carbocycles. The molecule has 94 valence electrons. The number of benzene rings is 1. The fraction of sp³-hybridized carbons (Fsp3) is 0.462. The van der Waals surface area contributed by atoms with Crippen molar-refractivity contribution in [2.24, 2.45) is 5.92 Å². The second-order valence-corrected chi connectivity index (χ2v) is 5.45. The summed E-state index contributed by atoms with van der Waals surface area (Å²) in [6, 6.07) is 5.85. The van der Waals surface area contributed by atoms with Gasteiger partial charge in [-0.2, -0.15) is 0 Å². The minimum atomic E-state index is -0.775. The lowest BCUT2D eigenvalue weighted by Gasteiger charge is -2.29. The Kier molecular flexibility index (Phi) is 4.71. The monoisotopic (exact) mass is 299 g/mol. The molecule has 0 fully saturated rings. The molecule has 0 aliphatic carbocycles. The number of halogens is 1. The van der Waals surface area contributed by atoms with Gasteiger partial charge in [0.2, 0.25) is 0 Å². The van der Waals surface area contributed by atoms with Crippen LogP contribution in [0, 0.1) is 12.8 Å². The van der Waals surface area contributed by atoms with Crippen LogP contribution < -0.4 is 0 Å². The lowest BCUT2D eigenvalue weighted by Crippen LogP contribution is -2.31. The minimum Gasteiger partial charge on any atom is -0.481 e. The van der Waals surface area contributed by atoms with Crippen molar-refractivity contribution in [3.63, 3.8) is 0 Å². The Hall–Kier alpha value is -0.870. The van der Waals surface area contributed by atoms with Crippen molar-refractivity contribution in [2.75, 3.05) is 14.1 Å². The van der Waals surface area contributed by atoms with Gasteiger partial charge in [0, 0.05) is 10.5 Å². The van der Waals surface area contributed by atoms with Gasteiger partial charge in [-0.15, -0.1) is 0 Å². The average molecular weight is 300 g/mol. The first-order valence-electron chi connectivity index (χ1n) is 5.50. The number of aryl methyl sites for hydroxylation is 1. The van der Waals surface area contributed by atoms with Gasteiger partial charge >= 0.3 is 5.97 Å². The van der Waals surface area contributed by atoms with E-state index in [0.717, 1.165) is 15.6 Å². The largest absolute Gasteiger partial charge is 0.481 e. The normalized spacial score (nSPS) is 14.7. The molecule has 0 saturated heterocycles. The minimum absolute atomic E-state index is 0.120. The first-order chi connectivity index (χ1) is 7.84. The van der Waals surface area contributed by atoms with E-state index in [1.165, 1.54) is 0 Å². The zero-order valence-corrected chi connectivity index (χ0v) is 12.2. The smallest absolute Gasteiger partial charge is 0.308 e. The molecular weight excluding hydrogens is 282 g/mol. The van der Waals surface area contributed by atoms with Gasteiger partial charge in [0.05, 0.1) is 5.92 Å². The molecule has 17 heavy (non-hydrogen) atoms. The van der Waals surface area contributed by atoms with Crippen LogP contribution >= 0.6 is 15.9 Å². The highest BCUT2D eigenvalue weighted by atomic mass is 79.9. The van der Waals surface area contributed by atoms with E-state index in [2.05, 4.69) is 15.9 Å². The van der Waals surface area contributed by atoms with E-state index in [9.17, 15) is 9.90 Å². The van der Waals surface area contributed by atoms with Crippen molar-refractivity contribution >= 4 is 21.9 Å². The second kappa shape index (κ2) is 5.65. The molecule has 0 aromatic heterocycles. The van der Waals surface area contributed by atoms with Gasteiger partial charge < -0.3 is 10.0 Å². The van der Waals surface area contributed by atoms with Crippen LogP contribution in [0.4, 0.5) is 0 Å². The lowest BCUT2D eigenvalue weighted by atomic mass is 9.91. The van der Waals surface area contributed by atoms with Crippen molar-refractivity contribution < 1.29 is 9.90 Å². The van der Waals surface area contributed by atoms with Gasteiger partial charge in [0.15, 0.2) is 0 Å². The Labute approximate surface area is 111 Å². The van der Waals surface area contributed by atoms with Crippen LogP contribution in [0.3, 0.4) is 0 Å². The molecule has 1 N–H and O–H groups in total. The van der Waals surface area contributed by atoms with Crippen LogP contribution in [0.1, 0.15) is 24.1 Å². The third-order valence-electron chi connectivity index (χ3n) is 2.98. The number of hydrogen-bond acceptors (Lipinski definition) is 2. The van der Waals surface area contributed by atoms with Crippen molar-refractivity contribution in [3.8, 4) is 0 Å². The average Bonchev–Trinajstić information content (AvgIpc) is 2.22. The number of carboxylic acids is 1. The molecule has 2 unspecified atom stereocenters. The molecule has 1 aromatic carbocycles. The molecular formula is C13H18BrNO2. The number of aliphatic carboxylic acids is 1. The van der Waals surface area contributed by atoms with Crippen molar-refractivity contribution in [2.45, 2.75) is 19.9 Å². The Morgan fingerprint density at radius 3 is 2.47 bits per heavy atom. The lowest BCUT2D eigenvalue weighted by molar-refractivity contribution is -0.143. The maximum atomic E-state index is 11.2. The molecule has 0 aliphatic heterocycles. The van der Waals surface area contributed by atoms with Crippen LogP contribution in [0.15, 0.2) is 22.7 Å². The molecule has 3 nitrogen and oxygen atoms in total. The summed E-state index contributed by atoms with van der Waals surface area (Å²) in [7, 11) is 3.81. The van der Waals surface area contributed by atoms with Gasteiger partial charge in [-0.25, -0.2) is 0 Å². The van der Waals surface area contributed by atoms with E-state index in [0.29, 0.717) is 0 Å². The Morgan fingerprint density at radius 2 is 2.00 bits per heavy atom. The summed E-state index contributed by atoms with van der Waals surface area (Å²) in [6.07, 6.45) is 0. The van der Waals surface area contributed by atoms with E-state index < -0.39 is 11.9 Å². The van der Waals surface area contributed by atoms with E-state index in [1.807, 2.05) is 44.1 Å². The van der Waals surface area contributed by atoms with Gasteiger partial charge in [-0.3, -0.25) is 4.79 Å². The maximum Gasteiger partial charge on any atom is 0.308 e. The summed E-state index contributed by atoms with van der Waals surface area (Å²) in [6.45, 7) is 3.75. The van der Waals surface area contributed by atoms with Crippen LogP contribution in [0.5, 0.6) is 0 Å². The zero-order valence-electron chi connectivity index (χ0n) is 10.6. The van der Waals surface area contributed by atoms with Crippen molar-refractivity contribution in [3.05, 3.63) is 33.8 Å². The number of hydrogen-bond donors (Lipinski definition) is 1. The predicted octanol–water partition coefficient (Wildman–Crippen LogP) is 3.08. The van der Waals surface area contributed by atoms with Crippen molar-refractivity contribution in [1.29, 1.82) is 0 Å². The highest BCUT2D eigenvalue weighted by Crippen LogP contribution is 2.31. The summed E-state index contributed by atoms with van der Waals surface area (Å²) in [4.78, 5) is 13.1. The Morgan fingerprint density at radius 1 is 1.41 bits per heavy atom. The topological polar surface area (TPSA) is 40.5 Å². The van der Waals surface area contributed by atoms with Gasteiger partial charge in [-0.05, 0) is 44.3 Å². The highest BCUT2D eigenvalue weighted by molar-refractivity contribution is 9.10. The van der Waals surface area contributed by atoms with Crippen molar-refractivity contribution in [1.82, 2.24) is 4.90 Å². The molecule has 0 aliphatic rings. The zero-order chi connectivity index (χ0) is 13.2. The third kappa shape index (κ3) is 3.30. The summed E-state index contributed by atoms with van der Waals surface area (Å²) < 4.78 is 0.975. The maximum absolute atomic E-state index is 11.2. The van der Waals surface area contributed by atoms with Crippen LogP contribution in [0.25, 0.3) is 0 Å². The standard InChI is InChI=1S/C13H18BrNO2/c1-8-5-6-10(14)7-11(8)12(15(3)4)9(2)13(16)17/h5-7,9,12H,1-4H3,(H,16,17). The van der Waals surface area contributed by atoms with E-state index in [1.54, 1.807) is 6.92 Å². The number of carboxylic acid groups (broad SMARTS) is 1. The number of rotatable bonds is 4. The molecule has 2 atom stereocenters. The highest BCUT2D eigenvalue weighted by Gasteiger charge is 2.28. The second-order valence-electron chi connectivity index (χ2n) is 4.54. The van der Waals surface area contributed by atoms with Crippen LogP contribution in [-0.4, -0.2) is 30.1 Å². The molecule has 4 heteroatoms. The van der Waals surface area contributed by atoms with E-state index >= 15 is 0 Å². The van der Waals surface area contributed by atoms with Gasteiger partial charge in [-0.1, -0.05) is 28.9 Å². The first kappa shape index (κ1) is 14.2.